The van der Waals surface area contributed by atoms with Crippen LogP contribution in [0.1, 0.15) is 44.6 Å². The molecule has 0 saturated heterocycles. The van der Waals surface area contributed by atoms with Gasteiger partial charge in [-0.1, -0.05) is 20.8 Å². The van der Waals surface area contributed by atoms with Crippen molar-refractivity contribution >= 4 is 17.4 Å². The highest BCUT2D eigenvalue weighted by Gasteiger charge is 2.09. The molecule has 5 heteroatoms. The zero-order valence-corrected chi connectivity index (χ0v) is 9.66. The molecule has 0 radical (unpaired) electrons. The Labute approximate surface area is 89.8 Å². The maximum Gasteiger partial charge on any atom is 0.269 e. The minimum Gasteiger partial charge on any atom is -0.364 e. The predicted octanol–water partition coefficient (Wildman–Crippen LogP) is 2.04. The largest absolute Gasteiger partial charge is 0.364 e. The zero-order valence-electron chi connectivity index (χ0n) is 9.66. The average Bonchev–Trinajstić information content (AvgIpc) is 2.69. The highest BCUT2D eigenvalue weighted by Crippen LogP contribution is 2.13. The quantitative estimate of drug-likeness (QED) is 0.748. The van der Waals surface area contributed by atoms with E-state index < -0.39 is 5.91 Å². The minimum atomic E-state index is -0.542. The first kappa shape index (κ1) is 13.4. The molecule has 1 heterocycles. The molecule has 0 aliphatic rings. The van der Waals surface area contributed by atoms with Crippen LogP contribution in [0.25, 0.3) is 0 Å². The lowest BCUT2D eigenvalue weighted by molar-refractivity contribution is 0.0997. The summed E-state index contributed by atoms with van der Waals surface area (Å²) in [6, 6.07) is 0. The second-order valence-corrected chi connectivity index (χ2v) is 2.67. The molecule has 3 N–H and O–H groups in total. The van der Waals surface area contributed by atoms with Gasteiger partial charge in [-0.25, -0.2) is 9.98 Å². The Kier molecular flexibility index (Phi) is 6.01. The smallest absolute Gasteiger partial charge is 0.269 e. The Morgan fingerprint density at radius 3 is 2.67 bits per heavy atom. The predicted molar refractivity (Wildman–Crippen MR) is 61.5 cm³/mol. The van der Waals surface area contributed by atoms with E-state index in [1.54, 1.807) is 0 Å². The van der Waals surface area contributed by atoms with Crippen molar-refractivity contribution in [3.8, 4) is 0 Å². The van der Waals surface area contributed by atoms with Crippen LogP contribution in [-0.2, 0) is 0 Å². The molecule has 0 unspecified atom stereocenters. The highest BCUT2D eigenvalue weighted by atomic mass is 16.1. The van der Waals surface area contributed by atoms with Gasteiger partial charge in [-0.2, -0.15) is 0 Å². The van der Waals surface area contributed by atoms with E-state index in [4.69, 9.17) is 5.73 Å². The molecule has 1 aromatic rings. The molecule has 15 heavy (non-hydrogen) atoms. The molecule has 0 aliphatic heterocycles. The number of imidazole rings is 1. The van der Waals surface area contributed by atoms with Crippen LogP contribution in [0.3, 0.4) is 0 Å². The lowest BCUT2D eigenvalue weighted by Crippen LogP contribution is -2.11. The first-order chi connectivity index (χ1) is 7.15. The van der Waals surface area contributed by atoms with Crippen molar-refractivity contribution in [2.75, 3.05) is 0 Å². The molecule has 1 amide bonds. The van der Waals surface area contributed by atoms with Crippen LogP contribution in [0.15, 0.2) is 11.3 Å². The second kappa shape index (κ2) is 6.75. The van der Waals surface area contributed by atoms with Crippen molar-refractivity contribution < 1.29 is 4.79 Å². The van der Waals surface area contributed by atoms with Gasteiger partial charge in [0.1, 0.15) is 0 Å². The molecule has 0 bridgehead atoms. The molecule has 5 nitrogen and oxygen atoms in total. The summed E-state index contributed by atoms with van der Waals surface area (Å²) in [5.74, 6) is -0.174. The van der Waals surface area contributed by atoms with Crippen molar-refractivity contribution in [3.63, 3.8) is 0 Å². The molecule has 0 atom stereocenters. The summed E-state index contributed by atoms with van der Waals surface area (Å²) < 4.78 is 0. The fourth-order valence-electron chi connectivity index (χ4n) is 0.813. The molecule has 0 saturated carbocycles. The van der Waals surface area contributed by atoms with E-state index in [1.807, 2.05) is 27.7 Å². The fraction of sp³-hybridized carbons (Fsp3) is 0.500. The number of hydrogen-bond donors (Lipinski definition) is 2. The van der Waals surface area contributed by atoms with Crippen molar-refractivity contribution in [1.82, 2.24) is 9.97 Å². The fourth-order valence-corrected chi connectivity index (χ4v) is 0.813. The number of nitrogens with zero attached hydrogens (tertiary/aromatic N) is 2. The summed E-state index contributed by atoms with van der Waals surface area (Å²) in [5, 5.41) is 0. The van der Waals surface area contributed by atoms with Crippen molar-refractivity contribution in [2.24, 2.45) is 10.7 Å². The number of amides is 1. The maximum absolute atomic E-state index is 10.8. The van der Waals surface area contributed by atoms with Gasteiger partial charge in [0.15, 0.2) is 11.5 Å². The molecule has 0 spiro atoms. The number of carbonyl (C=O) groups excluding carboxylic acids is 1. The molecular weight excluding hydrogens is 192 g/mol. The first-order valence-electron chi connectivity index (χ1n) is 5.02. The summed E-state index contributed by atoms with van der Waals surface area (Å²) in [4.78, 5) is 21.5. The monoisotopic (exact) mass is 210 g/mol. The molecule has 1 aromatic heterocycles. The summed E-state index contributed by atoms with van der Waals surface area (Å²) in [5.41, 5.74) is 6.27. The van der Waals surface area contributed by atoms with Crippen LogP contribution in [0.5, 0.6) is 0 Å². The van der Waals surface area contributed by atoms with Crippen LogP contribution in [0.4, 0.5) is 5.82 Å². The van der Waals surface area contributed by atoms with E-state index in [1.165, 1.54) is 6.33 Å². The summed E-state index contributed by atoms with van der Waals surface area (Å²) in [6.45, 7) is 7.86. The van der Waals surface area contributed by atoms with Gasteiger partial charge in [-0.15, -0.1) is 0 Å². The number of hydrogen-bond acceptors (Lipinski definition) is 3. The molecule has 1 rings (SSSR count). The van der Waals surface area contributed by atoms with Gasteiger partial charge in [-0.3, -0.25) is 4.79 Å². The Morgan fingerprint density at radius 1 is 1.60 bits per heavy atom. The summed E-state index contributed by atoms with van der Waals surface area (Å²) >= 11 is 0. The maximum atomic E-state index is 10.8. The number of aliphatic imine (C=N–C) groups is 1. The normalized spacial score (nSPS) is 10.5. The summed E-state index contributed by atoms with van der Waals surface area (Å²) in [6.07, 6.45) is 2.23. The van der Waals surface area contributed by atoms with Crippen LogP contribution in [0, 0.1) is 0 Å². The lowest BCUT2D eigenvalue weighted by Gasteiger charge is -1.94. The standard InChI is InChI=1S/C8H12N4O.C2H6/c1-3-5(2)12-8-6(7(9)13)10-4-11-8;1-2/h4H,3H2,1-2H3,(H2,9,13)(H,10,11);1-2H3/b12-5+;. The molecular formula is C10H18N4O. The van der Waals surface area contributed by atoms with Crippen LogP contribution in [-0.4, -0.2) is 21.6 Å². The van der Waals surface area contributed by atoms with Crippen LogP contribution < -0.4 is 5.73 Å². The molecule has 0 aliphatic carbocycles. The number of rotatable bonds is 3. The van der Waals surface area contributed by atoms with Gasteiger partial charge in [0.25, 0.3) is 5.91 Å². The Hall–Kier alpha value is -1.65. The Bertz CT molecular complexity index is 341. The molecule has 0 fully saturated rings. The highest BCUT2D eigenvalue weighted by molar-refractivity contribution is 5.96. The zero-order chi connectivity index (χ0) is 11.8. The first-order valence-corrected chi connectivity index (χ1v) is 5.02. The molecule has 84 valence electrons. The van der Waals surface area contributed by atoms with Crippen molar-refractivity contribution in [3.05, 3.63) is 12.0 Å². The number of primary amides is 1. The van der Waals surface area contributed by atoms with Gasteiger partial charge in [0.05, 0.1) is 6.33 Å². The second-order valence-electron chi connectivity index (χ2n) is 2.67. The number of H-pyrrole nitrogens is 1. The Morgan fingerprint density at radius 2 is 2.20 bits per heavy atom. The third-order valence-electron chi connectivity index (χ3n) is 1.67. The summed E-state index contributed by atoms with van der Waals surface area (Å²) in [7, 11) is 0. The number of carbonyl (C=O) groups is 1. The number of nitrogens with two attached hydrogens (primary N) is 1. The van der Waals surface area contributed by atoms with Crippen LogP contribution >= 0.6 is 0 Å². The molecule has 0 aromatic carbocycles. The van der Waals surface area contributed by atoms with Gasteiger partial charge in [0, 0.05) is 5.71 Å². The van der Waals surface area contributed by atoms with E-state index in [-0.39, 0.29) is 5.69 Å². The SMILES string of the molecule is CC.CC/C(C)=N/c1nc[nH]c1C(N)=O. The van der Waals surface area contributed by atoms with Crippen LogP contribution in [0.2, 0.25) is 0 Å². The van der Waals surface area contributed by atoms with Gasteiger partial charge < -0.3 is 10.7 Å². The van der Waals surface area contributed by atoms with Gasteiger partial charge >= 0.3 is 0 Å². The van der Waals surface area contributed by atoms with E-state index in [9.17, 15) is 4.79 Å². The van der Waals surface area contributed by atoms with E-state index in [0.717, 1.165) is 12.1 Å². The third-order valence-corrected chi connectivity index (χ3v) is 1.67. The number of nitrogens with one attached hydrogen (secondary N) is 1. The topological polar surface area (TPSA) is 84.1 Å². The third kappa shape index (κ3) is 3.93. The Balaban J connectivity index is 0.000000921. The average molecular weight is 210 g/mol. The van der Waals surface area contributed by atoms with Gasteiger partial charge in [-0.05, 0) is 13.3 Å². The van der Waals surface area contributed by atoms with Crippen molar-refractivity contribution in [2.45, 2.75) is 34.1 Å². The van der Waals surface area contributed by atoms with E-state index in [2.05, 4.69) is 15.0 Å². The lowest BCUT2D eigenvalue weighted by atomic mass is 10.3. The number of aromatic amines is 1. The van der Waals surface area contributed by atoms with Gasteiger partial charge in [0.2, 0.25) is 0 Å². The van der Waals surface area contributed by atoms with E-state index in [0.29, 0.717) is 5.82 Å². The minimum absolute atomic E-state index is 0.257. The van der Waals surface area contributed by atoms with E-state index >= 15 is 0 Å². The number of aromatic nitrogens is 2. The van der Waals surface area contributed by atoms with Crippen molar-refractivity contribution in [1.29, 1.82) is 0 Å².